The van der Waals surface area contributed by atoms with E-state index in [1.807, 2.05) is 6.92 Å². The van der Waals surface area contributed by atoms with E-state index in [0.29, 0.717) is 23.3 Å². The third-order valence-corrected chi connectivity index (χ3v) is 2.60. The molecule has 0 aliphatic heterocycles. The second-order valence-electron chi connectivity index (χ2n) is 3.73. The number of hydrogen-bond donors (Lipinski definition) is 2. The number of aliphatic hydroxyl groups is 1. The molecular weight excluding hydrogens is 242 g/mol. The van der Waals surface area contributed by atoms with Gasteiger partial charge in [-0.2, -0.15) is 0 Å². The molecule has 1 heterocycles. The summed E-state index contributed by atoms with van der Waals surface area (Å²) >= 11 is 6.03. The highest BCUT2D eigenvalue weighted by Crippen LogP contribution is 2.21. The summed E-state index contributed by atoms with van der Waals surface area (Å²) in [4.78, 5) is 8.37. The van der Waals surface area contributed by atoms with Crippen LogP contribution in [0.2, 0.25) is 5.15 Å². The molecular formula is C11H18ClN3O2. The number of hydrogen-bond acceptors (Lipinski definition) is 5. The predicted octanol–water partition coefficient (Wildman–Crippen LogP) is 1.42. The number of aryl methyl sites for hydroxylation is 1. The fraction of sp³-hybridized carbons (Fsp3) is 0.636. The Morgan fingerprint density at radius 1 is 1.47 bits per heavy atom. The zero-order chi connectivity index (χ0) is 12.8. The van der Waals surface area contributed by atoms with Gasteiger partial charge in [0, 0.05) is 19.2 Å². The summed E-state index contributed by atoms with van der Waals surface area (Å²) in [5.74, 6) is 1.29. The van der Waals surface area contributed by atoms with Gasteiger partial charge in [0.15, 0.2) is 0 Å². The molecule has 1 aromatic heterocycles. The molecule has 17 heavy (non-hydrogen) atoms. The number of aromatic nitrogens is 2. The monoisotopic (exact) mass is 259 g/mol. The Kier molecular flexibility index (Phi) is 5.61. The Labute approximate surface area is 106 Å². The third kappa shape index (κ3) is 4.11. The molecule has 0 radical (unpaired) electrons. The van der Waals surface area contributed by atoms with E-state index in [9.17, 15) is 5.11 Å². The van der Waals surface area contributed by atoms with E-state index >= 15 is 0 Å². The van der Waals surface area contributed by atoms with Crippen LogP contribution < -0.4 is 5.32 Å². The zero-order valence-electron chi connectivity index (χ0n) is 10.3. The van der Waals surface area contributed by atoms with Crippen molar-refractivity contribution in [3.63, 3.8) is 0 Å². The van der Waals surface area contributed by atoms with Gasteiger partial charge in [-0.05, 0) is 13.3 Å². The highest BCUT2D eigenvalue weighted by Gasteiger charge is 2.11. The number of aliphatic hydroxyl groups excluding tert-OH is 1. The molecule has 0 aliphatic carbocycles. The van der Waals surface area contributed by atoms with Crippen molar-refractivity contribution < 1.29 is 9.84 Å². The lowest BCUT2D eigenvalue weighted by Gasteiger charge is -2.14. The number of rotatable bonds is 6. The van der Waals surface area contributed by atoms with Gasteiger partial charge in [0.25, 0.3) is 0 Å². The topological polar surface area (TPSA) is 67.3 Å². The van der Waals surface area contributed by atoms with Gasteiger partial charge in [-0.1, -0.05) is 18.5 Å². The van der Waals surface area contributed by atoms with Crippen LogP contribution in [0.5, 0.6) is 0 Å². The molecule has 5 nitrogen and oxygen atoms in total. The molecule has 1 rings (SSSR count). The number of nitrogens with one attached hydrogen (secondary N) is 1. The van der Waals surface area contributed by atoms with Crippen LogP contribution in [0.4, 0.5) is 5.82 Å². The molecule has 0 spiro atoms. The largest absolute Gasteiger partial charge is 0.389 e. The highest BCUT2D eigenvalue weighted by molar-refractivity contribution is 6.30. The van der Waals surface area contributed by atoms with Crippen LogP contribution in [-0.4, -0.2) is 41.4 Å². The van der Waals surface area contributed by atoms with Gasteiger partial charge in [-0.25, -0.2) is 9.97 Å². The van der Waals surface area contributed by atoms with Gasteiger partial charge in [0.2, 0.25) is 0 Å². The van der Waals surface area contributed by atoms with E-state index in [4.69, 9.17) is 16.3 Å². The van der Waals surface area contributed by atoms with Gasteiger partial charge >= 0.3 is 0 Å². The lowest BCUT2D eigenvalue weighted by atomic mass is 10.2. The van der Waals surface area contributed by atoms with Gasteiger partial charge in [-0.3, -0.25) is 0 Å². The minimum Gasteiger partial charge on any atom is -0.389 e. The van der Waals surface area contributed by atoms with Gasteiger partial charge in [0.1, 0.15) is 16.8 Å². The molecule has 0 fully saturated rings. The Morgan fingerprint density at radius 2 is 2.18 bits per heavy atom. The van der Waals surface area contributed by atoms with Crippen LogP contribution in [-0.2, 0) is 11.2 Å². The second kappa shape index (κ2) is 6.74. The molecule has 0 amide bonds. The maximum absolute atomic E-state index is 9.55. The number of anilines is 1. The zero-order valence-corrected chi connectivity index (χ0v) is 11.1. The number of nitrogens with zero attached hydrogens (tertiary/aromatic N) is 2. The van der Waals surface area contributed by atoms with Crippen molar-refractivity contribution in [2.45, 2.75) is 26.4 Å². The summed E-state index contributed by atoms with van der Waals surface area (Å²) in [6.07, 6.45) is 0.167. The quantitative estimate of drug-likeness (QED) is 0.757. The second-order valence-corrected chi connectivity index (χ2v) is 4.09. The summed E-state index contributed by atoms with van der Waals surface area (Å²) in [5, 5.41) is 13.1. The van der Waals surface area contributed by atoms with Crippen molar-refractivity contribution in [1.82, 2.24) is 9.97 Å². The lowest BCUT2D eigenvalue weighted by molar-refractivity contribution is 0.0727. The highest BCUT2D eigenvalue weighted by atomic mass is 35.5. The van der Waals surface area contributed by atoms with E-state index in [0.717, 1.165) is 12.0 Å². The Bertz CT molecular complexity index is 374. The van der Waals surface area contributed by atoms with Crippen molar-refractivity contribution in [1.29, 1.82) is 0 Å². The van der Waals surface area contributed by atoms with Crippen molar-refractivity contribution in [2.75, 3.05) is 25.6 Å². The van der Waals surface area contributed by atoms with Crippen LogP contribution in [0.3, 0.4) is 0 Å². The molecule has 0 saturated carbocycles. The normalized spacial score (nSPS) is 12.5. The molecule has 1 aromatic rings. The number of halogens is 1. The van der Waals surface area contributed by atoms with Gasteiger partial charge in [-0.15, -0.1) is 0 Å². The van der Waals surface area contributed by atoms with Crippen LogP contribution in [0, 0.1) is 6.92 Å². The average molecular weight is 260 g/mol. The maximum atomic E-state index is 9.55. The summed E-state index contributed by atoms with van der Waals surface area (Å²) in [6.45, 7) is 4.42. The first-order chi connectivity index (χ1) is 8.08. The fourth-order valence-corrected chi connectivity index (χ4v) is 1.83. The van der Waals surface area contributed by atoms with Crippen LogP contribution in [0.1, 0.15) is 18.3 Å². The van der Waals surface area contributed by atoms with Crippen LogP contribution >= 0.6 is 11.6 Å². The predicted molar refractivity (Wildman–Crippen MR) is 67.5 cm³/mol. The number of ether oxygens (including phenoxy) is 1. The molecule has 96 valence electrons. The SMILES string of the molecule is CCc1c(Cl)nc(C)nc1NC[C@@H](O)COC. The summed E-state index contributed by atoms with van der Waals surface area (Å²) in [6, 6.07) is 0. The molecule has 0 saturated heterocycles. The first-order valence-corrected chi connectivity index (χ1v) is 5.90. The molecule has 1 atom stereocenters. The Hall–Kier alpha value is -0.910. The Morgan fingerprint density at radius 3 is 2.76 bits per heavy atom. The van der Waals surface area contributed by atoms with Crippen LogP contribution in [0.15, 0.2) is 0 Å². The van der Waals surface area contributed by atoms with Gasteiger partial charge in [0.05, 0.1) is 12.7 Å². The van der Waals surface area contributed by atoms with Crippen molar-refractivity contribution in [3.05, 3.63) is 16.5 Å². The Balaban J connectivity index is 2.75. The smallest absolute Gasteiger partial charge is 0.138 e. The first kappa shape index (κ1) is 14.2. The summed E-state index contributed by atoms with van der Waals surface area (Å²) in [5.41, 5.74) is 0.863. The van der Waals surface area contributed by atoms with Crippen molar-refractivity contribution in [3.8, 4) is 0 Å². The molecule has 0 aliphatic rings. The summed E-state index contributed by atoms with van der Waals surface area (Å²) in [7, 11) is 1.55. The summed E-state index contributed by atoms with van der Waals surface area (Å²) < 4.78 is 4.85. The van der Waals surface area contributed by atoms with E-state index in [-0.39, 0.29) is 6.61 Å². The fourth-order valence-electron chi connectivity index (χ4n) is 1.49. The minimum atomic E-state index is -0.571. The van der Waals surface area contributed by atoms with E-state index in [2.05, 4.69) is 15.3 Å². The number of methoxy groups -OCH3 is 1. The maximum Gasteiger partial charge on any atom is 0.138 e. The first-order valence-electron chi connectivity index (χ1n) is 5.52. The molecule has 0 unspecified atom stereocenters. The average Bonchev–Trinajstić information content (AvgIpc) is 2.26. The van der Waals surface area contributed by atoms with E-state index < -0.39 is 6.10 Å². The lowest BCUT2D eigenvalue weighted by Crippen LogP contribution is -2.25. The molecule has 6 heteroatoms. The van der Waals surface area contributed by atoms with Crippen molar-refractivity contribution >= 4 is 17.4 Å². The van der Waals surface area contributed by atoms with E-state index in [1.165, 1.54) is 0 Å². The van der Waals surface area contributed by atoms with Crippen LogP contribution in [0.25, 0.3) is 0 Å². The third-order valence-electron chi connectivity index (χ3n) is 2.29. The van der Waals surface area contributed by atoms with E-state index in [1.54, 1.807) is 14.0 Å². The van der Waals surface area contributed by atoms with Crippen molar-refractivity contribution in [2.24, 2.45) is 0 Å². The molecule has 0 bridgehead atoms. The van der Waals surface area contributed by atoms with Gasteiger partial charge < -0.3 is 15.2 Å². The minimum absolute atomic E-state index is 0.284. The molecule has 0 aromatic carbocycles. The molecule has 2 N–H and O–H groups in total. The standard InChI is InChI=1S/C11H18ClN3O2/c1-4-9-10(12)14-7(2)15-11(9)13-5-8(16)6-17-3/h8,16H,4-6H2,1-3H3,(H,13,14,15)/t8-/m1/s1.